The average Bonchev–Trinajstić information content (AvgIpc) is 2.57. The van der Waals surface area contributed by atoms with E-state index < -0.39 is 0 Å². The van der Waals surface area contributed by atoms with E-state index in [1.165, 1.54) is 67.2 Å². The Balaban J connectivity index is 2.15. The van der Waals surface area contributed by atoms with Gasteiger partial charge in [-0.2, -0.15) is 0 Å². The fourth-order valence-corrected chi connectivity index (χ4v) is 3.38. The molecule has 0 fully saturated rings. The summed E-state index contributed by atoms with van der Waals surface area (Å²) < 4.78 is 0. The van der Waals surface area contributed by atoms with Crippen molar-refractivity contribution in [1.82, 2.24) is 0 Å². The summed E-state index contributed by atoms with van der Waals surface area (Å²) >= 11 is 0. The lowest BCUT2D eigenvalue weighted by atomic mass is 9.80. The van der Waals surface area contributed by atoms with Crippen LogP contribution in [0, 0.1) is 6.07 Å². The molecule has 0 amide bonds. The molecular formula is C24H33. The van der Waals surface area contributed by atoms with Crippen LogP contribution in [0.25, 0.3) is 11.1 Å². The minimum absolute atomic E-state index is 0.115. The van der Waals surface area contributed by atoms with Gasteiger partial charge in [0.1, 0.15) is 0 Å². The molecule has 0 saturated carbocycles. The standard InChI is InChI=1S/C24H33/c1-5-6-7-8-9-10-15-20-16-11-12-17-21(20)22-18-13-14-19-23(22)24(2,3)4/h11-14,16-18H,5-10,15H2,1-4H3. The first kappa shape index (κ1) is 18.8. The van der Waals surface area contributed by atoms with Gasteiger partial charge in [0.2, 0.25) is 0 Å². The number of benzene rings is 2. The zero-order valence-electron chi connectivity index (χ0n) is 16.0. The van der Waals surface area contributed by atoms with Crippen LogP contribution in [-0.4, -0.2) is 0 Å². The van der Waals surface area contributed by atoms with Crippen LogP contribution < -0.4 is 0 Å². The molecule has 0 saturated heterocycles. The Morgan fingerprint density at radius 1 is 0.792 bits per heavy atom. The highest BCUT2D eigenvalue weighted by atomic mass is 14.2. The van der Waals surface area contributed by atoms with Crippen LogP contribution in [0.1, 0.15) is 77.3 Å². The van der Waals surface area contributed by atoms with Crippen molar-refractivity contribution in [2.45, 2.75) is 78.1 Å². The lowest BCUT2D eigenvalue weighted by Gasteiger charge is -2.23. The normalized spacial score (nSPS) is 11.7. The molecule has 0 spiro atoms. The maximum Gasteiger partial charge on any atom is -0.0120 e. The Labute approximate surface area is 149 Å². The van der Waals surface area contributed by atoms with Crippen molar-refractivity contribution in [2.24, 2.45) is 0 Å². The van der Waals surface area contributed by atoms with Crippen molar-refractivity contribution in [3.05, 3.63) is 59.7 Å². The molecule has 24 heavy (non-hydrogen) atoms. The van der Waals surface area contributed by atoms with Gasteiger partial charge < -0.3 is 0 Å². The molecule has 0 aliphatic carbocycles. The quantitative estimate of drug-likeness (QED) is 0.446. The first-order valence-corrected chi connectivity index (χ1v) is 9.63. The Kier molecular flexibility index (Phi) is 7.09. The minimum atomic E-state index is 0.115. The topological polar surface area (TPSA) is 0 Å². The summed E-state index contributed by atoms with van der Waals surface area (Å²) in [5, 5.41) is 0. The fourth-order valence-electron chi connectivity index (χ4n) is 3.38. The zero-order valence-corrected chi connectivity index (χ0v) is 16.0. The van der Waals surface area contributed by atoms with E-state index in [4.69, 9.17) is 0 Å². The highest BCUT2D eigenvalue weighted by molar-refractivity contribution is 5.71. The molecule has 0 heterocycles. The fraction of sp³-hybridized carbons (Fsp3) is 0.500. The van der Waals surface area contributed by atoms with Crippen LogP contribution in [0.5, 0.6) is 0 Å². The Morgan fingerprint density at radius 2 is 1.46 bits per heavy atom. The van der Waals surface area contributed by atoms with Gasteiger partial charge in [-0.1, -0.05) is 102 Å². The summed E-state index contributed by atoms with van der Waals surface area (Å²) in [4.78, 5) is 0. The number of rotatable bonds is 8. The number of hydrogen-bond acceptors (Lipinski definition) is 0. The van der Waals surface area contributed by atoms with Gasteiger partial charge in [0, 0.05) is 0 Å². The largest absolute Gasteiger partial charge is 0.0654 e. The van der Waals surface area contributed by atoms with Gasteiger partial charge in [-0.05, 0) is 46.6 Å². The van der Waals surface area contributed by atoms with E-state index in [1.807, 2.05) is 6.07 Å². The van der Waals surface area contributed by atoms with Crippen molar-refractivity contribution < 1.29 is 0 Å². The predicted octanol–water partition coefficient (Wildman–Crippen LogP) is 7.35. The molecule has 0 aliphatic rings. The van der Waals surface area contributed by atoms with Crippen LogP contribution in [-0.2, 0) is 11.8 Å². The van der Waals surface area contributed by atoms with Crippen molar-refractivity contribution >= 4 is 0 Å². The lowest BCUT2D eigenvalue weighted by molar-refractivity contribution is 0.590. The van der Waals surface area contributed by atoms with Gasteiger partial charge in [0.05, 0.1) is 0 Å². The summed E-state index contributed by atoms with van der Waals surface area (Å²) in [5.41, 5.74) is 5.67. The van der Waals surface area contributed by atoms with Crippen LogP contribution in [0.4, 0.5) is 0 Å². The van der Waals surface area contributed by atoms with Gasteiger partial charge in [-0.25, -0.2) is 0 Å². The van der Waals surface area contributed by atoms with E-state index in [2.05, 4.69) is 70.2 Å². The molecule has 2 rings (SSSR count). The maximum absolute atomic E-state index is 3.49. The number of hydrogen-bond donors (Lipinski definition) is 0. The molecule has 2 aromatic carbocycles. The summed E-state index contributed by atoms with van der Waals surface area (Å²) in [6, 6.07) is 18.8. The molecule has 0 nitrogen and oxygen atoms in total. The zero-order chi connectivity index (χ0) is 17.4. The van der Waals surface area contributed by atoms with Crippen molar-refractivity contribution in [3.8, 4) is 11.1 Å². The highest BCUT2D eigenvalue weighted by Crippen LogP contribution is 2.34. The molecule has 0 heteroatoms. The predicted molar refractivity (Wildman–Crippen MR) is 106 cm³/mol. The van der Waals surface area contributed by atoms with Crippen LogP contribution in [0.2, 0.25) is 0 Å². The monoisotopic (exact) mass is 321 g/mol. The van der Waals surface area contributed by atoms with Crippen LogP contribution >= 0.6 is 0 Å². The lowest BCUT2D eigenvalue weighted by Crippen LogP contribution is -2.13. The van der Waals surface area contributed by atoms with E-state index in [0.29, 0.717) is 0 Å². The van der Waals surface area contributed by atoms with E-state index in [1.54, 1.807) is 0 Å². The summed E-state index contributed by atoms with van der Waals surface area (Å²) in [6.07, 6.45) is 9.29. The third-order valence-corrected chi connectivity index (χ3v) is 4.71. The molecule has 2 aromatic rings. The van der Waals surface area contributed by atoms with Gasteiger partial charge >= 0.3 is 0 Å². The van der Waals surface area contributed by atoms with Crippen molar-refractivity contribution in [3.63, 3.8) is 0 Å². The first-order valence-electron chi connectivity index (χ1n) is 9.63. The Bertz CT molecular complexity index is 616. The third-order valence-electron chi connectivity index (χ3n) is 4.71. The van der Waals surface area contributed by atoms with Gasteiger partial charge in [0.15, 0.2) is 0 Å². The Hall–Kier alpha value is -1.56. The maximum atomic E-state index is 3.49. The van der Waals surface area contributed by atoms with E-state index in [0.717, 1.165) is 0 Å². The van der Waals surface area contributed by atoms with Crippen LogP contribution in [0.3, 0.4) is 0 Å². The molecule has 0 N–H and O–H groups in total. The molecule has 0 aliphatic heterocycles. The SMILES string of the molecule is CCCCCCCCc1ccccc1-c1ccc[c]c1C(C)(C)C. The smallest absolute Gasteiger partial charge is 0.0120 e. The third kappa shape index (κ3) is 5.23. The molecule has 0 unspecified atom stereocenters. The highest BCUT2D eigenvalue weighted by Gasteiger charge is 2.19. The number of aryl methyl sites for hydroxylation is 1. The van der Waals surface area contributed by atoms with E-state index in [9.17, 15) is 0 Å². The van der Waals surface area contributed by atoms with Crippen LogP contribution in [0.15, 0.2) is 42.5 Å². The molecule has 0 bridgehead atoms. The van der Waals surface area contributed by atoms with Crippen molar-refractivity contribution in [1.29, 1.82) is 0 Å². The minimum Gasteiger partial charge on any atom is -0.0654 e. The van der Waals surface area contributed by atoms with Gasteiger partial charge in [0.25, 0.3) is 0 Å². The second-order valence-electron chi connectivity index (χ2n) is 7.88. The van der Waals surface area contributed by atoms with E-state index >= 15 is 0 Å². The molecular weight excluding hydrogens is 288 g/mol. The molecule has 0 atom stereocenters. The van der Waals surface area contributed by atoms with Gasteiger partial charge in [-0.15, -0.1) is 0 Å². The first-order chi connectivity index (χ1) is 11.5. The van der Waals surface area contributed by atoms with E-state index in [-0.39, 0.29) is 5.41 Å². The molecule has 0 aromatic heterocycles. The second kappa shape index (κ2) is 9.06. The van der Waals surface area contributed by atoms with Crippen molar-refractivity contribution in [2.75, 3.05) is 0 Å². The molecule has 129 valence electrons. The van der Waals surface area contributed by atoms with Gasteiger partial charge in [-0.3, -0.25) is 0 Å². The summed E-state index contributed by atoms with van der Waals surface area (Å²) in [5.74, 6) is 0. The molecule has 1 radical (unpaired) electrons. The second-order valence-corrected chi connectivity index (χ2v) is 7.88. The summed E-state index contributed by atoms with van der Waals surface area (Å²) in [7, 11) is 0. The average molecular weight is 322 g/mol. The Morgan fingerprint density at radius 3 is 2.21 bits per heavy atom. The summed E-state index contributed by atoms with van der Waals surface area (Å²) in [6.45, 7) is 9.11. The number of unbranched alkanes of at least 4 members (excludes halogenated alkanes) is 5.